The van der Waals surface area contributed by atoms with Crippen molar-refractivity contribution in [2.24, 2.45) is 0 Å². The quantitative estimate of drug-likeness (QED) is 0.626. The Morgan fingerprint density at radius 1 is 0.971 bits per heavy atom. The van der Waals surface area contributed by atoms with Crippen molar-refractivity contribution in [3.63, 3.8) is 0 Å². The van der Waals surface area contributed by atoms with Gasteiger partial charge in [0.1, 0.15) is 12.1 Å². The predicted molar refractivity (Wildman–Crippen MR) is 124 cm³/mol. The fourth-order valence-electron chi connectivity index (χ4n) is 4.44. The van der Waals surface area contributed by atoms with Gasteiger partial charge in [0.05, 0.1) is 13.2 Å². The lowest BCUT2D eigenvalue weighted by Crippen LogP contribution is -2.50. The van der Waals surface area contributed by atoms with Crippen molar-refractivity contribution in [2.75, 3.05) is 32.8 Å². The Morgan fingerprint density at radius 2 is 1.68 bits per heavy atom. The van der Waals surface area contributed by atoms with Crippen LogP contribution in [0.3, 0.4) is 0 Å². The van der Waals surface area contributed by atoms with Crippen LogP contribution in [0.2, 0.25) is 0 Å². The topological polar surface area (TPSA) is 101 Å². The van der Waals surface area contributed by atoms with E-state index in [1.54, 1.807) is 9.80 Å². The summed E-state index contributed by atoms with van der Waals surface area (Å²) in [7, 11) is 0. The predicted octanol–water partition coefficient (Wildman–Crippen LogP) is 3.18. The number of aromatic nitrogens is 2. The lowest BCUT2D eigenvalue weighted by molar-refractivity contribution is -0.134. The third-order valence-corrected chi connectivity index (χ3v) is 6.24. The molecule has 9 nitrogen and oxygen atoms in total. The summed E-state index contributed by atoms with van der Waals surface area (Å²) in [5.41, 5.74) is 1.59. The number of rotatable bonds is 5. The van der Waals surface area contributed by atoms with Crippen LogP contribution in [0.25, 0.3) is 11.4 Å². The van der Waals surface area contributed by atoms with Gasteiger partial charge >= 0.3 is 6.03 Å². The summed E-state index contributed by atoms with van der Waals surface area (Å²) in [4.78, 5) is 34.8. The maximum Gasteiger partial charge on any atom is 0.318 e. The number of carbonyl (C=O) groups excluding carboxylic acids is 2. The number of amides is 3. The van der Waals surface area contributed by atoms with Gasteiger partial charge in [0.15, 0.2) is 0 Å². The molecular weight excluding hydrogens is 434 g/mol. The highest BCUT2D eigenvalue weighted by molar-refractivity contribution is 5.88. The van der Waals surface area contributed by atoms with Crippen LogP contribution in [0.4, 0.5) is 4.79 Å². The summed E-state index contributed by atoms with van der Waals surface area (Å²) < 4.78 is 10.9. The first-order valence-electron chi connectivity index (χ1n) is 11.6. The van der Waals surface area contributed by atoms with Gasteiger partial charge in [0.2, 0.25) is 11.7 Å². The zero-order chi connectivity index (χ0) is 23.3. The first kappa shape index (κ1) is 22.1. The Morgan fingerprint density at radius 3 is 2.41 bits per heavy atom. The lowest BCUT2D eigenvalue weighted by atomic mass is 10.0. The summed E-state index contributed by atoms with van der Waals surface area (Å²) in [6.07, 6.45) is 1.54. The number of nitrogens with one attached hydrogen (secondary N) is 1. The van der Waals surface area contributed by atoms with Crippen molar-refractivity contribution in [1.29, 1.82) is 0 Å². The molecule has 1 N–H and O–H groups in total. The molecule has 9 heteroatoms. The maximum absolute atomic E-state index is 13.8. The molecule has 0 unspecified atom stereocenters. The molecule has 2 aliphatic heterocycles. The number of benzene rings is 2. The van der Waals surface area contributed by atoms with E-state index in [-0.39, 0.29) is 18.0 Å². The fourth-order valence-corrected chi connectivity index (χ4v) is 4.44. The standard InChI is InChI=1S/C25H27N5O4/c31-24(21(18-8-3-1-4-9-18)26-25(32)29-14-16-33-17-15-29)30-13-7-12-20(30)23-27-22(28-34-23)19-10-5-2-6-11-19/h1-6,8-11,20-21H,7,12-17H2,(H,26,32)/t20-,21+/m0/s1. The Bertz CT molecular complexity index is 1110. The van der Waals surface area contributed by atoms with E-state index in [4.69, 9.17) is 9.26 Å². The summed E-state index contributed by atoms with van der Waals surface area (Å²) >= 11 is 0. The molecule has 0 spiro atoms. The van der Waals surface area contributed by atoms with E-state index in [1.165, 1.54) is 0 Å². The van der Waals surface area contributed by atoms with Crippen molar-refractivity contribution in [2.45, 2.75) is 24.9 Å². The maximum atomic E-state index is 13.8. The number of nitrogens with zero attached hydrogens (tertiary/aromatic N) is 4. The average molecular weight is 462 g/mol. The largest absolute Gasteiger partial charge is 0.378 e. The Kier molecular flexibility index (Phi) is 6.53. The third-order valence-electron chi connectivity index (χ3n) is 6.24. The number of hydrogen-bond acceptors (Lipinski definition) is 6. The minimum absolute atomic E-state index is 0.185. The Balaban J connectivity index is 1.38. The van der Waals surface area contributed by atoms with Crippen LogP contribution in [-0.4, -0.2) is 64.7 Å². The van der Waals surface area contributed by atoms with E-state index < -0.39 is 6.04 Å². The number of morpholine rings is 1. The minimum Gasteiger partial charge on any atom is -0.378 e. The summed E-state index contributed by atoms with van der Waals surface area (Å²) in [5.74, 6) is 0.723. The van der Waals surface area contributed by atoms with Gasteiger partial charge in [-0.15, -0.1) is 0 Å². The van der Waals surface area contributed by atoms with Gasteiger partial charge in [0.25, 0.3) is 5.91 Å². The van der Waals surface area contributed by atoms with Gasteiger partial charge in [-0.25, -0.2) is 4.79 Å². The molecule has 0 bridgehead atoms. The third kappa shape index (κ3) is 4.65. The lowest BCUT2D eigenvalue weighted by Gasteiger charge is -2.31. The van der Waals surface area contributed by atoms with Crippen molar-refractivity contribution in [3.05, 3.63) is 72.1 Å². The average Bonchev–Trinajstić information content (AvgIpc) is 3.58. The second kappa shape index (κ2) is 10.0. The van der Waals surface area contributed by atoms with Crippen molar-refractivity contribution in [3.8, 4) is 11.4 Å². The molecule has 3 amide bonds. The first-order valence-corrected chi connectivity index (χ1v) is 11.6. The SMILES string of the molecule is O=C(N[C@@H](C(=O)N1CCC[C@H]1c1nc(-c2ccccc2)no1)c1ccccc1)N1CCOCC1. The highest BCUT2D eigenvalue weighted by Gasteiger charge is 2.38. The van der Waals surface area contributed by atoms with Gasteiger partial charge in [-0.1, -0.05) is 65.8 Å². The molecule has 2 saturated heterocycles. The van der Waals surface area contributed by atoms with E-state index in [2.05, 4.69) is 15.5 Å². The molecule has 5 rings (SSSR count). The molecule has 3 aromatic rings. The Hall–Kier alpha value is -3.72. The van der Waals surface area contributed by atoms with Gasteiger partial charge in [-0.05, 0) is 18.4 Å². The van der Waals surface area contributed by atoms with E-state index in [1.807, 2.05) is 60.7 Å². The van der Waals surface area contributed by atoms with Crippen molar-refractivity contribution >= 4 is 11.9 Å². The van der Waals surface area contributed by atoms with Crippen LogP contribution in [0, 0.1) is 0 Å². The number of hydrogen-bond donors (Lipinski definition) is 1. The normalized spacial score (nSPS) is 19.1. The Labute approximate surface area is 197 Å². The highest BCUT2D eigenvalue weighted by Crippen LogP contribution is 2.34. The molecule has 2 atom stereocenters. The minimum atomic E-state index is -0.811. The first-order chi connectivity index (χ1) is 16.7. The zero-order valence-electron chi connectivity index (χ0n) is 18.8. The van der Waals surface area contributed by atoms with Crippen molar-refractivity contribution < 1.29 is 18.8 Å². The zero-order valence-corrected chi connectivity index (χ0v) is 18.8. The molecule has 2 aliphatic rings. The van der Waals surface area contributed by atoms with E-state index >= 15 is 0 Å². The molecular formula is C25H27N5O4. The van der Waals surface area contributed by atoms with Gasteiger partial charge in [0, 0.05) is 25.2 Å². The van der Waals surface area contributed by atoms with E-state index in [0.29, 0.717) is 44.6 Å². The van der Waals surface area contributed by atoms with Crippen LogP contribution >= 0.6 is 0 Å². The molecule has 0 radical (unpaired) electrons. The summed E-state index contributed by atoms with van der Waals surface area (Å²) in [6.45, 7) is 2.54. The molecule has 3 heterocycles. The number of carbonyl (C=O) groups is 2. The molecule has 1 aromatic heterocycles. The van der Waals surface area contributed by atoms with Crippen LogP contribution in [0.5, 0.6) is 0 Å². The number of likely N-dealkylation sites (tertiary alicyclic amines) is 1. The van der Waals surface area contributed by atoms with Gasteiger partial charge < -0.3 is 24.4 Å². The molecule has 2 aromatic carbocycles. The number of ether oxygens (including phenoxy) is 1. The summed E-state index contributed by atoms with van der Waals surface area (Å²) in [6, 6.07) is 17.5. The van der Waals surface area contributed by atoms with Gasteiger partial charge in [-0.2, -0.15) is 4.98 Å². The molecule has 2 fully saturated rings. The monoisotopic (exact) mass is 461 g/mol. The van der Waals surface area contributed by atoms with Crippen LogP contribution in [0.15, 0.2) is 65.2 Å². The van der Waals surface area contributed by atoms with Crippen LogP contribution < -0.4 is 5.32 Å². The van der Waals surface area contributed by atoms with Gasteiger partial charge in [-0.3, -0.25) is 4.79 Å². The van der Waals surface area contributed by atoms with Crippen LogP contribution in [0.1, 0.15) is 36.4 Å². The van der Waals surface area contributed by atoms with Crippen molar-refractivity contribution in [1.82, 2.24) is 25.3 Å². The summed E-state index contributed by atoms with van der Waals surface area (Å²) in [5, 5.41) is 7.08. The van der Waals surface area contributed by atoms with Crippen LogP contribution in [-0.2, 0) is 9.53 Å². The highest BCUT2D eigenvalue weighted by atomic mass is 16.5. The van der Waals surface area contributed by atoms with E-state index in [9.17, 15) is 9.59 Å². The van der Waals surface area contributed by atoms with E-state index in [0.717, 1.165) is 24.0 Å². The molecule has 0 aliphatic carbocycles. The smallest absolute Gasteiger partial charge is 0.318 e. The number of urea groups is 1. The molecule has 0 saturated carbocycles. The second-order valence-corrected chi connectivity index (χ2v) is 8.40. The second-order valence-electron chi connectivity index (χ2n) is 8.40. The molecule has 34 heavy (non-hydrogen) atoms. The fraction of sp³-hybridized carbons (Fsp3) is 0.360. The molecule has 176 valence electrons.